The molecule has 1 aliphatic rings. The predicted octanol–water partition coefficient (Wildman–Crippen LogP) is 2.72. The first-order chi connectivity index (χ1) is 7.87. The van der Waals surface area contributed by atoms with Crippen LogP contribution < -0.4 is 5.46 Å². The molecule has 4 heteroatoms. The lowest BCUT2D eigenvalue weighted by Crippen LogP contribution is -2.41. The zero-order valence-corrected chi connectivity index (χ0v) is 11.5. The monoisotopic (exact) mass is 252 g/mol. The summed E-state index contributed by atoms with van der Waals surface area (Å²) in [5, 5.41) is 0. The number of alkyl halides is 1. The van der Waals surface area contributed by atoms with Crippen LogP contribution in [0, 0.1) is 0 Å². The molecular weight excluding hydrogens is 234 g/mol. The highest BCUT2D eigenvalue weighted by Gasteiger charge is 2.52. The van der Waals surface area contributed by atoms with Gasteiger partial charge in [0.25, 0.3) is 0 Å². The quantitative estimate of drug-likeness (QED) is 0.595. The Bertz CT molecular complexity index is 402. The van der Waals surface area contributed by atoms with Crippen LogP contribution in [-0.4, -0.2) is 18.3 Å². The van der Waals surface area contributed by atoms with Crippen molar-refractivity contribution in [2.45, 2.75) is 44.8 Å². The summed E-state index contributed by atoms with van der Waals surface area (Å²) in [6.45, 7) is 8.21. The largest absolute Gasteiger partial charge is 0.495 e. The molecule has 2 nitrogen and oxygen atoms in total. The molecule has 1 saturated heterocycles. The summed E-state index contributed by atoms with van der Waals surface area (Å²) in [7, 11) is -0.324. The Morgan fingerprint density at radius 3 is 2.12 bits per heavy atom. The van der Waals surface area contributed by atoms with E-state index in [1.807, 2.05) is 24.3 Å². The van der Waals surface area contributed by atoms with Crippen LogP contribution in [0.2, 0.25) is 0 Å². The van der Waals surface area contributed by atoms with E-state index < -0.39 is 0 Å². The summed E-state index contributed by atoms with van der Waals surface area (Å²) in [5.74, 6) is 0.472. The van der Waals surface area contributed by atoms with Crippen molar-refractivity contribution in [2.24, 2.45) is 0 Å². The fraction of sp³-hybridized carbons (Fsp3) is 0.538. The molecule has 0 spiro atoms. The number of halogens is 1. The SMILES string of the molecule is CC1(C)OB(c2ccccc2CCl)OC1(C)C. The molecule has 0 aliphatic carbocycles. The summed E-state index contributed by atoms with van der Waals surface area (Å²) in [6, 6.07) is 7.98. The minimum absolute atomic E-state index is 0.308. The fourth-order valence-electron chi connectivity index (χ4n) is 1.86. The van der Waals surface area contributed by atoms with E-state index in [4.69, 9.17) is 20.9 Å². The molecule has 1 fully saturated rings. The van der Waals surface area contributed by atoms with Crippen LogP contribution >= 0.6 is 11.6 Å². The van der Waals surface area contributed by atoms with Gasteiger partial charge in [-0.25, -0.2) is 0 Å². The van der Waals surface area contributed by atoms with E-state index in [1.165, 1.54) is 0 Å². The van der Waals surface area contributed by atoms with Gasteiger partial charge in [-0.3, -0.25) is 0 Å². The molecule has 0 amide bonds. The molecule has 1 aromatic rings. The molecule has 1 aromatic carbocycles. The zero-order valence-electron chi connectivity index (χ0n) is 10.8. The first kappa shape index (κ1) is 12.9. The highest BCUT2D eigenvalue weighted by Crippen LogP contribution is 2.36. The van der Waals surface area contributed by atoms with E-state index in [9.17, 15) is 0 Å². The van der Waals surface area contributed by atoms with Gasteiger partial charge in [0.2, 0.25) is 0 Å². The molecule has 1 heterocycles. The lowest BCUT2D eigenvalue weighted by atomic mass is 9.76. The maximum Gasteiger partial charge on any atom is 0.495 e. The van der Waals surface area contributed by atoms with Crippen LogP contribution in [-0.2, 0) is 15.2 Å². The molecule has 0 bridgehead atoms. The number of benzene rings is 1. The Kier molecular flexibility index (Phi) is 3.28. The van der Waals surface area contributed by atoms with Crippen molar-refractivity contribution in [3.8, 4) is 0 Å². The highest BCUT2D eigenvalue weighted by molar-refractivity contribution is 6.62. The van der Waals surface area contributed by atoms with Crippen molar-refractivity contribution in [1.29, 1.82) is 0 Å². The molecule has 1 aliphatic heterocycles. The molecule has 2 rings (SSSR count). The van der Waals surface area contributed by atoms with E-state index in [0.717, 1.165) is 11.0 Å². The normalized spacial score (nSPS) is 21.8. The third-order valence-electron chi connectivity index (χ3n) is 3.71. The number of rotatable bonds is 2. The second kappa shape index (κ2) is 4.31. The van der Waals surface area contributed by atoms with Crippen LogP contribution in [0.15, 0.2) is 24.3 Å². The Labute approximate surface area is 108 Å². The van der Waals surface area contributed by atoms with E-state index in [-0.39, 0.29) is 18.3 Å². The second-order valence-electron chi connectivity index (χ2n) is 5.42. The lowest BCUT2D eigenvalue weighted by molar-refractivity contribution is 0.00578. The molecule has 0 unspecified atom stereocenters. The standard InChI is InChI=1S/C13H18BClO2/c1-12(2)13(3,4)17-14(16-12)11-8-6-5-7-10(11)9-15/h5-8H,9H2,1-4H3. The van der Waals surface area contributed by atoms with Gasteiger partial charge in [-0.05, 0) is 38.7 Å². The van der Waals surface area contributed by atoms with Crippen molar-refractivity contribution >= 4 is 24.2 Å². The predicted molar refractivity (Wildman–Crippen MR) is 71.7 cm³/mol. The Morgan fingerprint density at radius 2 is 1.59 bits per heavy atom. The average Bonchev–Trinajstić information content (AvgIpc) is 2.48. The minimum Gasteiger partial charge on any atom is -0.399 e. The second-order valence-corrected chi connectivity index (χ2v) is 5.69. The van der Waals surface area contributed by atoms with Gasteiger partial charge in [-0.15, -0.1) is 11.6 Å². The topological polar surface area (TPSA) is 18.5 Å². The van der Waals surface area contributed by atoms with Crippen molar-refractivity contribution < 1.29 is 9.31 Å². The van der Waals surface area contributed by atoms with Crippen molar-refractivity contribution in [3.05, 3.63) is 29.8 Å². The molecule has 0 saturated carbocycles. The molecule has 17 heavy (non-hydrogen) atoms. The van der Waals surface area contributed by atoms with Crippen LogP contribution in [0.5, 0.6) is 0 Å². The summed E-state index contributed by atoms with van der Waals surface area (Å²) in [5.41, 5.74) is 1.47. The molecule has 0 N–H and O–H groups in total. The third kappa shape index (κ3) is 2.24. The number of hydrogen-bond donors (Lipinski definition) is 0. The van der Waals surface area contributed by atoms with Gasteiger partial charge < -0.3 is 9.31 Å². The summed E-state index contributed by atoms with van der Waals surface area (Å²) < 4.78 is 12.0. The highest BCUT2D eigenvalue weighted by atomic mass is 35.5. The average molecular weight is 253 g/mol. The number of hydrogen-bond acceptors (Lipinski definition) is 2. The summed E-state index contributed by atoms with van der Waals surface area (Å²) in [4.78, 5) is 0. The first-order valence-electron chi connectivity index (χ1n) is 5.87. The molecule has 0 radical (unpaired) electrons. The van der Waals surface area contributed by atoms with Gasteiger partial charge in [0.05, 0.1) is 11.2 Å². The van der Waals surface area contributed by atoms with Gasteiger partial charge in [0, 0.05) is 5.88 Å². The van der Waals surface area contributed by atoms with E-state index in [0.29, 0.717) is 5.88 Å². The Morgan fingerprint density at radius 1 is 1.06 bits per heavy atom. The van der Waals surface area contributed by atoms with Gasteiger partial charge in [-0.2, -0.15) is 0 Å². The van der Waals surface area contributed by atoms with Crippen LogP contribution in [0.4, 0.5) is 0 Å². The van der Waals surface area contributed by atoms with E-state index in [2.05, 4.69) is 27.7 Å². The molecular formula is C13H18BClO2. The van der Waals surface area contributed by atoms with Gasteiger partial charge in [0.15, 0.2) is 0 Å². The summed E-state index contributed by atoms with van der Waals surface area (Å²) >= 11 is 5.94. The molecule has 92 valence electrons. The van der Waals surface area contributed by atoms with Crippen molar-refractivity contribution in [2.75, 3.05) is 0 Å². The first-order valence-corrected chi connectivity index (χ1v) is 6.40. The minimum atomic E-state index is -0.324. The van der Waals surface area contributed by atoms with Gasteiger partial charge in [-0.1, -0.05) is 24.3 Å². The van der Waals surface area contributed by atoms with Crippen molar-refractivity contribution in [3.63, 3.8) is 0 Å². The zero-order chi connectivity index (χ0) is 12.7. The van der Waals surface area contributed by atoms with E-state index in [1.54, 1.807) is 0 Å². The maximum absolute atomic E-state index is 6.01. The van der Waals surface area contributed by atoms with E-state index >= 15 is 0 Å². The lowest BCUT2D eigenvalue weighted by Gasteiger charge is -2.32. The van der Waals surface area contributed by atoms with Gasteiger partial charge in [0.1, 0.15) is 0 Å². The summed E-state index contributed by atoms with van der Waals surface area (Å²) in [6.07, 6.45) is 0. The Hall–Kier alpha value is -0.505. The Balaban J connectivity index is 2.32. The van der Waals surface area contributed by atoms with Gasteiger partial charge >= 0.3 is 7.12 Å². The maximum atomic E-state index is 6.01. The smallest absolute Gasteiger partial charge is 0.399 e. The van der Waals surface area contributed by atoms with Crippen LogP contribution in [0.25, 0.3) is 0 Å². The molecule has 0 atom stereocenters. The van der Waals surface area contributed by atoms with Crippen molar-refractivity contribution in [1.82, 2.24) is 0 Å². The van der Waals surface area contributed by atoms with Crippen LogP contribution in [0.1, 0.15) is 33.3 Å². The fourth-order valence-corrected chi connectivity index (χ4v) is 2.10. The molecule has 0 aromatic heterocycles. The van der Waals surface area contributed by atoms with Crippen LogP contribution in [0.3, 0.4) is 0 Å². The third-order valence-corrected chi connectivity index (χ3v) is 3.99.